The van der Waals surface area contributed by atoms with Crippen LogP contribution in [0.5, 0.6) is 0 Å². The summed E-state index contributed by atoms with van der Waals surface area (Å²) in [6, 6.07) is 0.127. The molecule has 0 unspecified atom stereocenters. The summed E-state index contributed by atoms with van der Waals surface area (Å²) in [4.78, 5) is 8.39. The van der Waals surface area contributed by atoms with Gasteiger partial charge in [0.1, 0.15) is 12.0 Å². The van der Waals surface area contributed by atoms with E-state index in [2.05, 4.69) is 23.8 Å². The minimum atomic E-state index is 0.127. The molecule has 0 aliphatic heterocycles. The first-order chi connectivity index (χ1) is 8.40. The lowest BCUT2D eigenvalue weighted by molar-refractivity contribution is 0.706. The van der Waals surface area contributed by atoms with Gasteiger partial charge in [-0.25, -0.2) is 15.8 Å². The minimum Gasteiger partial charge on any atom is -0.382 e. The van der Waals surface area contributed by atoms with Crippen LogP contribution in [-0.2, 0) is 0 Å². The van der Waals surface area contributed by atoms with Crippen molar-refractivity contribution in [1.82, 2.24) is 9.97 Å². The molecule has 0 fully saturated rings. The van der Waals surface area contributed by atoms with Crippen LogP contribution in [0.15, 0.2) is 12.4 Å². The molecule has 0 aliphatic rings. The Morgan fingerprint density at radius 1 is 1.28 bits per heavy atom. The van der Waals surface area contributed by atoms with Gasteiger partial charge in [0.15, 0.2) is 5.82 Å². The largest absolute Gasteiger partial charge is 0.382 e. The Morgan fingerprint density at radius 2 is 1.89 bits per heavy atom. The molecule has 5 nitrogen and oxygen atoms in total. The van der Waals surface area contributed by atoms with Gasteiger partial charge >= 0.3 is 0 Å². The van der Waals surface area contributed by atoms with Crippen molar-refractivity contribution in [2.45, 2.75) is 40.7 Å². The molecule has 1 aromatic rings. The van der Waals surface area contributed by atoms with E-state index >= 15 is 0 Å². The molecule has 0 saturated carbocycles. The van der Waals surface area contributed by atoms with E-state index in [-0.39, 0.29) is 6.04 Å². The second kappa shape index (κ2) is 5.82. The average Bonchev–Trinajstić information content (AvgIpc) is 2.28. The Morgan fingerprint density at radius 3 is 2.33 bits per heavy atom. The van der Waals surface area contributed by atoms with Crippen LogP contribution in [0.3, 0.4) is 0 Å². The predicted octanol–water partition coefficient (Wildman–Crippen LogP) is 2.21. The van der Waals surface area contributed by atoms with E-state index in [0.29, 0.717) is 17.4 Å². The van der Waals surface area contributed by atoms with Gasteiger partial charge in [0.05, 0.1) is 5.69 Å². The summed E-state index contributed by atoms with van der Waals surface area (Å²) in [5, 5.41) is 1.62. The van der Waals surface area contributed by atoms with Crippen molar-refractivity contribution in [3.8, 4) is 0 Å². The van der Waals surface area contributed by atoms with E-state index in [1.54, 1.807) is 5.01 Å². The molecule has 100 valence electrons. The number of anilines is 2. The zero-order valence-corrected chi connectivity index (χ0v) is 11.8. The summed E-state index contributed by atoms with van der Waals surface area (Å²) in [6.07, 6.45) is 3.53. The second-order valence-corrected chi connectivity index (χ2v) is 4.86. The van der Waals surface area contributed by atoms with Gasteiger partial charge in [-0.1, -0.05) is 19.9 Å². The number of nitrogens with two attached hydrogens (primary N) is 2. The van der Waals surface area contributed by atoms with Crippen LogP contribution < -0.4 is 16.6 Å². The van der Waals surface area contributed by atoms with Crippen LogP contribution in [0.4, 0.5) is 11.5 Å². The number of hydrogen-bond acceptors (Lipinski definition) is 5. The Labute approximate surface area is 109 Å². The zero-order chi connectivity index (χ0) is 13.9. The molecule has 0 aromatic carbocycles. The molecule has 0 atom stereocenters. The molecule has 0 spiro atoms. The summed E-state index contributed by atoms with van der Waals surface area (Å²) in [5.41, 5.74) is 8.59. The lowest BCUT2D eigenvalue weighted by atomic mass is 9.98. The topological polar surface area (TPSA) is 81.1 Å². The number of rotatable bonds is 4. The molecular weight excluding hydrogens is 226 g/mol. The van der Waals surface area contributed by atoms with Crippen molar-refractivity contribution in [1.29, 1.82) is 0 Å². The average molecular weight is 249 g/mol. The normalized spacial score (nSPS) is 12.3. The van der Waals surface area contributed by atoms with Gasteiger partial charge in [0, 0.05) is 6.04 Å². The molecule has 4 N–H and O–H groups in total. The molecule has 0 bridgehead atoms. The first kappa shape index (κ1) is 14.4. The summed E-state index contributed by atoms with van der Waals surface area (Å²) < 4.78 is 0. The number of allylic oxidation sites excluding steroid dienone is 2. The van der Waals surface area contributed by atoms with Crippen molar-refractivity contribution < 1.29 is 0 Å². The van der Waals surface area contributed by atoms with E-state index in [0.717, 1.165) is 11.3 Å². The Hall–Kier alpha value is -1.62. The van der Waals surface area contributed by atoms with Crippen molar-refractivity contribution in [2.75, 3.05) is 10.7 Å². The minimum absolute atomic E-state index is 0.127. The molecule has 18 heavy (non-hydrogen) atoms. The first-order valence-corrected chi connectivity index (χ1v) is 6.21. The molecule has 0 radical (unpaired) electrons. The zero-order valence-electron chi connectivity index (χ0n) is 11.8. The Bertz CT molecular complexity index is 437. The van der Waals surface area contributed by atoms with Gasteiger partial charge in [-0.3, -0.25) is 0 Å². The van der Waals surface area contributed by atoms with Crippen molar-refractivity contribution in [3.05, 3.63) is 18.1 Å². The molecule has 1 aromatic heterocycles. The maximum Gasteiger partial charge on any atom is 0.152 e. The molecule has 5 heteroatoms. The second-order valence-electron chi connectivity index (χ2n) is 4.86. The SMILES string of the molecule is C/C=C(\c1ncnc(N)c1N(N)C(C)C)C(C)C. The molecule has 0 amide bonds. The summed E-state index contributed by atoms with van der Waals surface area (Å²) in [5.74, 6) is 6.84. The highest BCUT2D eigenvalue weighted by Crippen LogP contribution is 2.32. The highest BCUT2D eigenvalue weighted by atomic mass is 15.4. The monoisotopic (exact) mass is 249 g/mol. The third kappa shape index (κ3) is 2.79. The number of nitrogen functional groups attached to an aromatic ring is 1. The van der Waals surface area contributed by atoms with E-state index in [1.165, 1.54) is 6.33 Å². The van der Waals surface area contributed by atoms with Gasteiger partial charge in [-0.15, -0.1) is 0 Å². The maximum absolute atomic E-state index is 6.08. The smallest absolute Gasteiger partial charge is 0.152 e. The van der Waals surface area contributed by atoms with Crippen LogP contribution >= 0.6 is 0 Å². The lowest BCUT2D eigenvalue weighted by Crippen LogP contribution is -2.39. The van der Waals surface area contributed by atoms with Gasteiger partial charge in [-0.05, 0) is 32.3 Å². The molecule has 1 heterocycles. The summed E-state index contributed by atoms with van der Waals surface area (Å²) in [6.45, 7) is 10.2. The van der Waals surface area contributed by atoms with Crippen LogP contribution in [0, 0.1) is 5.92 Å². The highest BCUT2D eigenvalue weighted by molar-refractivity contribution is 5.80. The lowest BCUT2D eigenvalue weighted by Gasteiger charge is -2.27. The first-order valence-electron chi connectivity index (χ1n) is 6.21. The van der Waals surface area contributed by atoms with Crippen LogP contribution in [0.25, 0.3) is 5.57 Å². The fraction of sp³-hybridized carbons (Fsp3) is 0.538. The van der Waals surface area contributed by atoms with Crippen LogP contribution in [0.2, 0.25) is 0 Å². The van der Waals surface area contributed by atoms with Gasteiger partial charge in [-0.2, -0.15) is 0 Å². The summed E-state index contributed by atoms with van der Waals surface area (Å²) >= 11 is 0. The maximum atomic E-state index is 6.08. The standard InChI is InChI=1S/C13H23N5/c1-6-10(8(2)3)11-12(18(15)9(4)5)13(14)17-7-16-11/h6-9H,15H2,1-5H3,(H2,14,16,17)/b10-6-. The molecule has 1 rings (SSSR count). The fourth-order valence-electron chi connectivity index (χ4n) is 1.86. The molecule has 0 saturated heterocycles. The third-order valence-electron chi connectivity index (χ3n) is 2.87. The van der Waals surface area contributed by atoms with Gasteiger partial charge < -0.3 is 10.7 Å². The van der Waals surface area contributed by atoms with Crippen molar-refractivity contribution in [3.63, 3.8) is 0 Å². The quantitative estimate of drug-likeness (QED) is 0.631. The van der Waals surface area contributed by atoms with E-state index in [1.807, 2.05) is 26.8 Å². The molecular formula is C13H23N5. The van der Waals surface area contributed by atoms with E-state index in [4.69, 9.17) is 11.6 Å². The van der Waals surface area contributed by atoms with E-state index in [9.17, 15) is 0 Å². The van der Waals surface area contributed by atoms with Crippen molar-refractivity contribution >= 4 is 17.1 Å². The fourth-order valence-corrected chi connectivity index (χ4v) is 1.86. The number of hydrogen-bond donors (Lipinski definition) is 2. The number of nitrogens with zero attached hydrogens (tertiary/aromatic N) is 3. The van der Waals surface area contributed by atoms with Gasteiger partial charge in [0.2, 0.25) is 0 Å². The number of aromatic nitrogens is 2. The predicted molar refractivity (Wildman–Crippen MR) is 76.7 cm³/mol. The van der Waals surface area contributed by atoms with Crippen LogP contribution in [0.1, 0.15) is 40.3 Å². The van der Waals surface area contributed by atoms with E-state index < -0.39 is 0 Å². The Balaban J connectivity index is 3.41. The van der Waals surface area contributed by atoms with Gasteiger partial charge in [0.25, 0.3) is 0 Å². The van der Waals surface area contributed by atoms with Crippen LogP contribution in [-0.4, -0.2) is 16.0 Å². The summed E-state index contributed by atoms with van der Waals surface area (Å²) in [7, 11) is 0. The number of hydrazine groups is 1. The third-order valence-corrected chi connectivity index (χ3v) is 2.87. The van der Waals surface area contributed by atoms with Crippen molar-refractivity contribution in [2.24, 2.45) is 11.8 Å². The Kier molecular flexibility index (Phi) is 4.67. The highest BCUT2D eigenvalue weighted by Gasteiger charge is 2.20. The molecule has 0 aliphatic carbocycles.